The predicted molar refractivity (Wildman–Crippen MR) is 181 cm³/mol. The van der Waals surface area contributed by atoms with Crippen LogP contribution in [0, 0.1) is 23.2 Å². The fourth-order valence-corrected chi connectivity index (χ4v) is 7.87. The summed E-state index contributed by atoms with van der Waals surface area (Å²) < 4.78 is 0. The Morgan fingerprint density at radius 2 is 1.63 bits per heavy atom. The summed E-state index contributed by atoms with van der Waals surface area (Å²) in [4.78, 5) is 91.4. The molecule has 5 rings (SSSR count). The lowest BCUT2D eigenvalue weighted by molar-refractivity contribution is -0.146. The molecular weight excluding hydrogens is 626 g/mol. The lowest BCUT2D eigenvalue weighted by Crippen LogP contribution is -2.62. The van der Waals surface area contributed by atoms with Crippen LogP contribution in [0.25, 0.3) is 0 Å². The number of rotatable bonds is 13. The van der Waals surface area contributed by atoms with Crippen molar-refractivity contribution in [2.45, 2.75) is 135 Å². The molecule has 0 radical (unpaired) electrons. The number of hydrogen-bond acceptors (Lipinski definition) is 8. The van der Waals surface area contributed by atoms with Gasteiger partial charge in [0.05, 0.1) is 12.2 Å². The fraction of sp³-hybridized carbons (Fsp3) is 0.722. The topological polar surface area (TPSA) is 180 Å². The highest BCUT2D eigenvalue weighted by Crippen LogP contribution is 2.43. The normalized spacial score (nSPS) is 24.2. The molecule has 6 atom stereocenters. The van der Waals surface area contributed by atoms with E-state index in [1.807, 2.05) is 27.7 Å². The SMILES string of the molecule is CCC[C@@H](NC(=O)[C@H]1[C@H]2CCC[C@@H]2CN1C(=O)[C@@H](NC(=O)[C@H](NC(=O)c1cnccn1)C1CCCCC1)C(C)(C)C)C(=O)C(=O)NC1CC1. The largest absolute Gasteiger partial charge is 0.347 e. The maximum absolute atomic E-state index is 14.6. The van der Waals surface area contributed by atoms with Gasteiger partial charge in [-0.3, -0.25) is 33.8 Å². The molecule has 4 fully saturated rings. The van der Waals surface area contributed by atoms with Gasteiger partial charge in [-0.25, -0.2) is 4.98 Å². The van der Waals surface area contributed by atoms with E-state index in [1.165, 1.54) is 18.6 Å². The first-order valence-electron chi connectivity index (χ1n) is 18.2. The molecule has 1 aromatic heterocycles. The molecule has 4 N–H and O–H groups in total. The number of amides is 5. The molecule has 4 aliphatic rings. The summed E-state index contributed by atoms with van der Waals surface area (Å²) in [6.07, 6.45) is 13.9. The van der Waals surface area contributed by atoms with Crippen molar-refractivity contribution in [3.8, 4) is 0 Å². The number of fused-ring (bicyclic) bond motifs is 1. The fourth-order valence-electron chi connectivity index (χ4n) is 7.87. The average Bonchev–Trinajstić information content (AvgIpc) is 3.65. The van der Waals surface area contributed by atoms with E-state index in [1.54, 1.807) is 4.90 Å². The molecule has 0 bridgehead atoms. The first-order valence-corrected chi connectivity index (χ1v) is 18.2. The molecule has 1 aromatic rings. The molecule has 0 spiro atoms. The van der Waals surface area contributed by atoms with Crippen LogP contribution >= 0.6 is 0 Å². The van der Waals surface area contributed by atoms with Crippen LogP contribution in [0.3, 0.4) is 0 Å². The van der Waals surface area contributed by atoms with E-state index in [9.17, 15) is 28.8 Å². The van der Waals surface area contributed by atoms with Crippen molar-refractivity contribution in [3.05, 3.63) is 24.3 Å². The van der Waals surface area contributed by atoms with Crippen molar-refractivity contribution in [3.63, 3.8) is 0 Å². The van der Waals surface area contributed by atoms with Gasteiger partial charge in [0.2, 0.25) is 23.5 Å². The first kappa shape index (κ1) is 36.4. The number of hydrogen-bond donors (Lipinski definition) is 4. The van der Waals surface area contributed by atoms with Crippen molar-refractivity contribution in [1.82, 2.24) is 36.1 Å². The Kier molecular flexibility index (Phi) is 11.7. The number of ketones is 1. The standard InChI is InChI=1S/C36H53N7O6/c1-5-10-25(29(44)34(48)39-23-15-16-23)40-33(47)28-24-14-9-13-22(24)20-43(28)35(49)30(36(2,3)4)42-32(46)27(21-11-7-6-8-12-21)41-31(45)26-19-37-17-18-38-26/h17-19,21-25,27-28,30H,5-16,20H2,1-4H3,(H,39,48)(H,40,47)(H,41,45)(H,42,46)/t22-,24+,25-,27-,28-,30-/m1/s1. The predicted octanol–water partition coefficient (Wildman–Crippen LogP) is 2.45. The molecule has 3 saturated carbocycles. The van der Waals surface area contributed by atoms with Crippen LogP contribution in [-0.2, 0) is 24.0 Å². The summed E-state index contributed by atoms with van der Waals surface area (Å²) in [6.45, 7) is 7.85. The smallest absolute Gasteiger partial charge is 0.289 e. The van der Waals surface area contributed by atoms with E-state index in [2.05, 4.69) is 31.2 Å². The van der Waals surface area contributed by atoms with E-state index in [4.69, 9.17) is 0 Å². The summed E-state index contributed by atoms with van der Waals surface area (Å²) in [5, 5.41) is 11.5. The van der Waals surface area contributed by atoms with Gasteiger partial charge in [0.1, 0.15) is 23.8 Å². The Labute approximate surface area is 288 Å². The summed E-state index contributed by atoms with van der Waals surface area (Å²) in [5.74, 6) is -3.20. The Bertz CT molecular complexity index is 1390. The maximum Gasteiger partial charge on any atom is 0.289 e. The minimum Gasteiger partial charge on any atom is -0.347 e. The van der Waals surface area contributed by atoms with Crippen LogP contribution in [0.2, 0.25) is 0 Å². The van der Waals surface area contributed by atoms with Gasteiger partial charge < -0.3 is 26.2 Å². The van der Waals surface area contributed by atoms with Gasteiger partial charge in [-0.05, 0) is 68.1 Å². The minimum absolute atomic E-state index is 0.0132. The van der Waals surface area contributed by atoms with Gasteiger partial charge >= 0.3 is 0 Å². The van der Waals surface area contributed by atoms with Crippen LogP contribution in [0.15, 0.2) is 18.6 Å². The van der Waals surface area contributed by atoms with Gasteiger partial charge in [0.25, 0.3) is 11.8 Å². The monoisotopic (exact) mass is 679 g/mol. The minimum atomic E-state index is -0.994. The van der Waals surface area contributed by atoms with Crippen molar-refractivity contribution in [1.29, 1.82) is 0 Å². The zero-order valence-corrected chi connectivity index (χ0v) is 29.3. The lowest BCUT2D eigenvalue weighted by Gasteiger charge is -2.38. The maximum atomic E-state index is 14.6. The molecule has 49 heavy (non-hydrogen) atoms. The second kappa shape index (κ2) is 15.8. The molecule has 3 aliphatic carbocycles. The third kappa shape index (κ3) is 8.83. The van der Waals surface area contributed by atoms with E-state index in [0.29, 0.717) is 19.4 Å². The third-order valence-electron chi connectivity index (χ3n) is 10.7. The van der Waals surface area contributed by atoms with Crippen molar-refractivity contribution in [2.75, 3.05) is 6.54 Å². The molecule has 0 aromatic carbocycles. The first-order chi connectivity index (χ1) is 23.4. The molecular formula is C36H53N7O6. The number of Topliss-reactive ketones (excluding diaryl/α,β-unsaturated/α-hetero) is 1. The highest BCUT2D eigenvalue weighted by Gasteiger charge is 2.52. The molecule has 1 saturated heterocycles. The Balaban J connectivity index is 1.36. The Morgan fingerprint density at radius 1 is 0.898 bits per heavy atom. The van der Waals surface area contributed by atoms with Crippen LogP contribution in [-0.4, -0.2) is 86.9 Å². The van der Waals surface area contributed by atoms with Gasteiger partial charge in [0.15, 0.2) is 0 Å². The van der Waals surface area contributed by atoms with E-state index in [-0.39, 0.29) is 35.4 Å². The van der Waals surface area contributed by atoms with Gasteiger partial charge in [0, 0.05) is 25.0 Å². The zero-order valence-electron chi connectivity index (χ0n) is 29.3. The quantitative estimate of drug-likeness (QED) is 0.230. The van der Waals surface area contributed by atoms with Crippen LogP contribution in [0.1, 0.15) is 115 Å². The summed E-state index contributed by atoms with van der Waals surface area (Å²) in [5.41, 5.74) is -0.638. The highest BCUT2D eigenvalue weighted by molar-refractivity contribution is 6.38. The number of nitrogens with one attached hydrogen (secondary N) is 4. The number of aromatic nitrogens is 2. The Hall–Kier alpha value is -3.90. The number of carbonyl (C=O) groups is 6. The average molecular weight is 680 g/mol. The van der Waals surface area contributed by atoms with Gasteiger partial charge in [-0.2, -0.15) is 0 Å². The summed E-state index contributed by atoms with van der Waals surface area (Å²) >= 11 is 0. The summed E-state index contributed by atoms with van der Waals surface area (Å²) in [7, 11) is 0. The van der Waals surface area contributed by atoms with Crippen LogP contribution < -0.4 is 21.3 Å². The van der Waals surface area contributed by atoms with Crippen molar-refractivity contribution in [2.24, 2.45) is 23.2 Å². The molecule has 2 heterocycles. The molecule has 0 unspecified atom stereocenters. The number of nitrogens with zero attached hydrogens (tertiary/aromatic N) is 3. The van der Waals surface area contributed by atoms with Gasteiger partial charge in [-0.15, -0.1) is 0 Å². The van der Waals surface area contributed by atoms with Gasteiger partial charge in [-0.1, -0.05) is 59.8 Å². The Morgan fingerprint density at radius 3 is 2.27 bits per heavy atom. The van der Waals surface area contributed by atoms with E-state index in [0.717, 1.165) is 64.2 Å². The zero-order chi connectivity index (χ0) is 35.3. The number of likely N-dealkylation sites (tertiary alicyclic amines) is 1. The van der Waals surface area contributed by atoms with E-state index < -0.39 is 59.0 Å². The molecule has 268 valence electrons. The van der Waals surface area contributed by atoms with Crippen LogP contribution in [0.5, 0.6) is 0 Å². The highest BCUT2D eigenvalue weighted by atomic mass is 16.2. The lowest BCUT2D eigenvalue weighted by atomic mass is 9.82. The van der Waals surface area contributed by atoms with Crippen molar-refractivity contribution < 1.29 is 28.8 Å². The third-order valence-corrected chi connectivity index (χ3v) is 10.7. The molecule has 1 aliphatic heterocycles. The van der Waals surface area contributed by atoms with Crippen LogP contribution in [0.4, 0.5) is 0 Å². The molecule has 13 nitrogen and oxygen atoms in total. The van der Waals surface area contributed by atoms with E-state index >= 15 is 0 Å². The second-order valence-corrected chi connectivity index (χ2v) is 15.5. The second-order valence-electron chi connectivity index (χ2n) is 15.5. The summed E-state index contributed by atoms with van der Waals surface area (Å²) in [6, 6.07) is -3.68. The van der Waals surface area contributed by atoms with Crippen molar-refractivity contribution >= 4 is 35.3 Å². The molecule has 5 amide bonds. The molecule has 13 heteroatoms. The number of carbonyl (C=O) groups excluding carboxylic acids is 6.